The molecule has 3 rings (SSSR count). The van der Waals surface area contributed by atoms with Crippen LogP contribution >= 0.6 is 23.1 Å². The Bertz CT molecular complexity index is 986. The van der Waals surface area contributed by atoms with Gasteiger partial charge in [0, 0.05) is 24.6 Å². The molecule has 0 bridgehead atoms. The molecule has 0 spiro atoms. The molecule has 148 valence electrons. The van der Waals surface area contributed by atoms with Crippen LogP contribution in [0.1, 0.15) is 18.2 Å². The third kappa shape index (κ3) is 5.01. The van der Waals surface area contributed by atoms with E-state index in [1.807, 2.05) is 30.5 Å². The summed E-state index contributed by atoms with van der Waals surface area (Å²) in [6, 6.07) is 11.2. The molecule has 0 fully saturated rings. The number of para-hydroxylation sites is 1. The summed E-state index contributed by atoms with van der Waals surface area (Å²) in [5.41, 5.74) is 0.465. The summed E-state index contributed by atoms with van der Waals surface area (Å²) >= 11 is 2.94. The van der Waals surface area contributed by atoms with Gasteiger partial charge < -0.3 is 10.4 Å². The number of hydrogen-bond donors (Lipinski definition) is 2. The number of aliphatic hydroxyl groups is 1. The molecule has 1 aromatic carbocycles. The van der Waals surface area contributed by atoms with Gasteiger partial charge in [-0.25, -0.2) is 4.98 Å². The fourth-order valence-electron chi connectivity index (χ4n) is 2.78. The molecule has 0 aliphatic heterocycles. The highest BCUT2D eigenvalue weighted by Gasteiger charge is 2.19. The molecule has 2 aromatic heterocycles. The van der Waals surface area contributed by atoms with Gasteiger partial charge in [-0.05, 0) is 43.3 Å². The molecule has 2 N–H and O–H groups in total. The number of aliphatic hydroxyl groups excluding tert-OH is 1. The average molecular weight is 418 g/mol. The first kappa shape index (κ1) is 20.6. The summed E-state index contributed by atoms with van der Waals surface area (Å²) in [6.07, 6.45) is 1.26. The monoisotopic (exact) mass is 417 g/mol. The lowest BCUT2D eigenvalue weighted by Gasteiger charge is -2.16. The number of carbonyl (C=O) groups is 1. The third-order valence-electron chi connectivity index (χ3n) is 4.27. The Kier molecular flexibility index (Phi) is 7.24. The predicted octanol–water partition coefficient (Wildman–Crippen LogP) is 2.68. The van der Waals surface area contributed by atoms with Crippen molar-refractivity contribution in [3.05, 3.63) is 57.0 Å². The Morgan fingerprint density at radius 3 is 2.89 bits per heavy atom. The van der Waals surface area contributed by atoms with Crippen LogP contribution in [0.5, 0.6) is 0 Å². The average Bonchev–Trinajstić information content (AvgIpc) is 3.21. The van der Waals surface area contributed by atoms with E-state index >= 15 is 0 Å². The summed E-state index contributed by atoms with van der Waals surface area (Å²) in [6.45, 7) is 2.74. The number of nitrogens with one attached hydrogen (secondary N) is 1. The zero-order valence-electron chi connectivity index (χ0n) is 15.6. The van der Waals surface area contributed by atoms with Gasteiger partial charge in [0.05, 0.1) is 16.2 Å². The highest BCUT2D eigenvalue weighted by Crippen LogP contribution is 2.23. The third-order valence-corrected chi connectivity index (χ3v) is 6.29. The first-order chi connectivity index (χ1) is 13.6. The topological polar surface area (TPSA) is 84.2 Å². The van der Waals surface area contributed by atoms with E-state index in [4.69, 9.17) is 5.11 Å². The molecule has 0 saturated carbocycles. The summed E-state index contributed by atoms with van der Waals surface area (Å²) in [4.78, 5) is 31.1. The molecule has 28 heavy (non-hydrogen) atoms. The van der Waals surface area contributed by atoms with Gasteiger partial charge in [-0.3, -0.25) is 14.2 Å². The van der Waals surface area contributed by atoms with E-state index in [1.54, 1.807) is 34.1 Å². The van der Waals surface area contributed by atoms with Gasteiger partial charge in [0.1, 0.15) is 0 Å². The van der Waals surface area contributed by atoms with Crippen molar-refractivity contribution in [2.24, 2.45) is 0 Å². The molecule has 0 aliphatic carbocycles. The highest BCUT2D eigenvalue weighted by molar-refractivity contribution is 8.00. The number of thioether (sulfide) groups is 1. The number of fused-ring (bicyclic) bond motifs is 1. The maximum atomic E-state index is 12.8. The van der Waals surface area contributed by atoms with E-state index in [2.05, 4.69) is 10.3 Å². The Morgan fingerprint density at radius 1 is 1.32 bits per heavy atom. The number of thiophene rings is 1. The van der Waals surface area contributed by atoms with Crippen molar-refractivity contribution < 1.29 is 9.90 Å². The lowest BCUT2D eigenvalue weighted by atomic mass is 10.2. The van der Waals surface area contributed by atoms with Crippen molar-refractivity contribution >= 4 is 39.9 Å². The van der Waals surface area contributed by atoms with Crippen molar-refractivity contribution in [3.63, 3.8) is 0 Å². The number of aromatic nitrogens is 2. The number of benzene rings is 1. The predicted molar refractivity (Wildman–Crippen MR) is 114 cm³/mol. The standard InChI is InChI=1S/C20H23N3O3S2/c1-14(18(25)21-10-9-15-6-4-13-27-15)28-20-22-17-8-3-2-7-16(17)19(26)23(20)11-5-12-24/h2-4,6-8,13-14,24H,5,9-12H2,1H3,(H,21,25). The molecule has 1 atom stereocenters. The number of nitrogens with zero attached hydrogens (tertiary/aromatic N) is 2. The Labute approximate surface area is 171 Å². The minimum atomic E-state index is -0.392. The zero-order chi connectivity index (χ0) is 19.9. The molecule has 2 heterocycles. The van der Waals surface area contributed by atoms with Gasteiger partial charge in [-0.2, -0.15) is 0 Å². The number of amides is 1. The highest BCUT2D eigenvalue weighted by atomic mass is 32.2. The molecule has 3 aromatic rings. The van der Waals surface area contributed by atoms with Gasteiger partial charge in [0.25, 0.3) is 5.56 Å². The lowest BCUT2D eigenvalue weighted by molar-refractivity contribution is -0.120. The first-order valence-corrected chi connectivity index (χ1v) is 10.9. The van der Waals surface area contributed by atoms with E-state index in [0.29, 0.717) is 35.6 Å². The van der Waals surface area contributed by atoms with Gasteiger partial charge in [-0.1, -0.05) is 30.0 Å². The number of carbonyl (C=O) groups excluding carboxylic acids is 1. The van der Waals surface area contributed by atoms with Gasteiger partial charge in [0.2, 0.25) is 5.91 Å². The van der Waals surface area contributed by atoms with Crippen LogP contribution in [-0.4, -0.2) is 39.0 Å². The smallest absolute Gasteiger partial charge is 0.262 e. The molecule has 1 amide bonds. The van der Waals surface area contributed by atoms with E-state index in [9.17, 15) is 9.59 Å². The van der Waals surface area contributed by atoms with E-state index in [0.717, 1.165) is 6.42 Å². The van der Waals surface area contributed by atoms with Crippen LogP contribution in [-0.2, 0) is 17.8 Å². The quantitative estimate of drug-likeness (QED) is 0.413. The zero-order valence-corrected chi connectivity index (χ0v) is 17.3. The lowest BCUT2D eigenvalue weighted by Crippen LogP contribution is -2.33. The number of hydrogen-bond acceptors (Lipinski definition) is 6. The molecular formula is C20H23N3O3S2. The molecule has 6 nitrogen and oxygen atoms in total. The van der Waals surface area contributed by atoms with E-state index in [-0.39, 0.29) is 18.1 Å². The van der Waals surface area contributed by atoms with Crippen LogP contribution in [0.4, 0.5) is 0 Å². The fraction of sp³-hybridized carbons (Fsp3) is 0.350. The number of rotatable bonds is 9. The Balaban J connectivity index is 1.73. The minimum absolute atomic E-state index is 0.0118. The largest absolute Gasteiger partial charge is 0.396 e. The van der Waals surface area contributed by atoms with E-state index in [1.165, 1.54) is 16.6 Å². The van der Waals surface area contributed by atoms with Crippen LogP contribution in [0.15, 0.2) is 51.7 Å². The van der Waals surface area contributed by atoms with Crippen LogP contribution in [0.25, 0.3) is 10.9 Å². The van der Waals surface area contributed by atoms with Crippen LogP contribution < -0.4 is 10.9 Å². The van der Waals surface area contributed by atoms with Crippen molar-refractivity contribution in [3.8, 4) is 0 Å². The van der Waals surface area contributed by atoms with E-state index < -0.39 is 5.25 Å². The second-order valence-electron chi connectivity index (χ2n) is 6.33. The molecule has 0 saturated heterocycles. The molecule has 0 radical (unpaired) electrons. The van der Waals surface area contributed by atoms with Crippen molar-refractivity contribution in [1.82, 2.24) is 14.9 Å². The molecule has 1 unspecified atom stereocenters. The Morgan fingerprint density at radius 2 is 2.14 bits per heavy atom. The minimum Gasteiger partial charge on any atom is -0.396 e. The van der Waals surface area contributed by atoms with Crippen molar-refractivity contribution in [2.45, 2.75) is 36.7 Å². The normalized spacial score (nSPS) is 12.2. The van der Waals surface area contributed by atoms with Gasteiger partial charge >= 0.3 is 0 Å². The second kappa shape index (κ2) is 9.86. The van der Waals surface area contributed by atoms with Crippen LogP contribution in [0, 0.1) is 0 Å². The SMILES string of the molecule is CC(Sc1nc2ccccc2c(=O)n1CCCO)C(=O)NCCc1cccs1. The van der Waals surface area contributed by atoms with Crippen LogP contribution in [0.3, 0.4) is 0 Å². The summed E-state index contributed by atoms with van der Waals surface area (Å²) in [7, 11) is 0. The van der Waals surface area contributed by atoms with Crippen molar-refractivity contribution in [1.29, 1.82) is 0 Å². The van der Waals surface area contributed by atoms with Crippen LogP contribution in [0.2, 0.25) is 0 Å². The van der Waals surface area contributed by atoms with Crippen molar-refractivity contribution in [2.75, 3.05) is 13.2 Å². The molecular weight excluding hydrogens is 394 g/mol. The molecule has 0 aliphatic rings. The molecule has 8 heteroatoms. The maximum Gasteiger partial charge on any atom is 0.262 e. The fourth-order valence-corrected chi connectivity index (χ4v) is 4.45. The Hall–Kier alpha value is -2.16. The summed E-state index contributed by atoms with van der Waals surface area (Å²) in [5, 5.41) is 14.8. The summed E-state index contributed by atoms with van der Waals surface area (Å²) < 4.78 is 1.55. The second-order valence-corrected chi connectivity index (χ2v) is 8.67. The van der Waals surface area contributed by atoms with Gasteiger partial charge in [0.15, 0.2) is 5.16 Å². The van der Waals surface area contributed by atoms with Gasteiger partial charge in [-0.15, -0.1) is 11.3 Å². The maximum absolute atomic E-state index is 12.8. The first-order valence-electron chi connectivity index (χ1n) is 9.17. The summed E-state index contributed by atoms with van der Waals surface area (Å²) in [5.74, 6) is -0.0855.